The molecule has 0 saturated heterocycles. The van der Waals surface area contributed by atoms with Crippen molar-refractivity contribution in [2.75, 3.05) is 38.0 Å². The van der Waals surface area contributed by atoms with Gasteiger partial charge in [0.2, 0.25) is 0 Å². The van der Waals surface area contributed by atoms with E-state index in [1.165, 1.54) is 32.5 Å². The topological polar surface area (TPSA) is 105 Å². The summed E-state index contributed by atoms with van der Waals surface area (Å²) in [5, 5.41) is 16.1. The smallest absolute Gasteiger partial charge is 0.497 e. The van der Waals surface area contributed by atoms with Crippen LogP contribution in [0, 0.1) is 6.92 Å². The molecule has 40 heavy (non-hydrogen) atoms. The fourth-order valence-corrected chi connectivity index (χ4v) is 4.57. The summed E-state index contributed by atoms with van der Waals surface area (Å²) in [6.07, 6.45) is -3.44. The SMILES string of the molecule is COc1cc(NCCO)cc(NC(C(=O)c2c[nH]c3c(C)cc(OC(F)(F)F)cc23)c2ccc(Cl)cc2OC)c1. The van der Waals surface area contributed by atoms with Crippen LogP contribution in [0.15, 0.2) is 54.7 Å². The zero-order valence-electron chi connectivity index (χ0n) is 21.8. The van der Waals surface area contributed by atoms with E-state index >= 15 is 0 Å². The molecule has 1 aromatic heterocycles. The molecule has 12 heteroatoms. The normalized spacial score (nSPS) is 12.2. The third-order valence-electron chi connectivity index (χ3n) is 6.12. The number of ketones is 1. The molecule has 0 fully saturated rings. The molecule has 0 radical (unpaired) electrons. The number of H-pyrrole nitrogens is 1. The standard InChI is InChI=1S/C28H27ClF3N3O5/c1-15-8-20(40-28(30,31)32)13-22-23(14-34-25(15)22)27(37)26(21-5-4-16(29)9-24(21)39-3)35-18-10-17(33-6-7-36)11-19(12-18)38-2/h4-5,8-14,26,33-36H,6-7H2,1-3H3. The first-order valence-electron chi connectivity index (χ1n) is 12.1. The minimum Gasteiger partial charge on any atom is -0.497 e. The maximum Gasteiger partial charge on any atom is 0.573 e. The molecule has 0 aliphatic carbocycles. The number of benzene rings is 3. The quantitative estimate of drug-likeness (QED) is 0.151. The number of aryl methyl sites for hydroxylation is 1. The van der Waals surface area contributed by atoms with Gasteiger partial charge in [0.05, 0.1) is 20.8 Å². The van der Waals surface area contributed by atoms with Gasteiger partial charge in [-0.1, -0.05) is 17.7 Å². The Hall–Kier alpha value is -4.09. The summed E-state index contributed by atoms with van der Waals surface area (Å²) >= 11 is 6.17. The number of methoxy groups -OCH3 is 2. The van der Waals surface area contributed by atoms with Gasteiger partial charge in [-0.3, -0.25) is 4.79 Å². The van der Waals surface area contributed by atoms with Crippen LogP contribution < -0.4 is 24.8 Å². The molecule has 0 amide bonds. The lowest BCUT2D eigenvalue weighted by Gasteiger charge is -2.22. The Morgan fingerprint density at radius 3 is 2.48 bits per heavy atom. The van der Waals surface area contributed by atoms with Gasteiger partial charge in [-0.25, -0.2) is 0 Å². The molecule has 1 atom stereocenters. The summed E-state index contributed by atoms with van der Waals surface area (Å²) < 4.78 is 54.0. The number of anilines is 2. The molecule has 0 spiro atoms. The second-order valence-corrected chi connectivity index (χ2v) is 9.28. The summed E-state index contributed by atoms with van der Waals surface area (Å²) in [7, 11) is 2.93. The van der Waals surface area contributed by atoms with E-state index in [9.17, 15) is 23.1 Å². The van der Waals surface area contributed by atoms with E-state index in [0.717, 1.165) is 0 Å². The maximum atomic E-state index is 14.2. The molecule has 0 aliphatic rings. The average Bonchev–Trinajstić information content (AvgIpc) is 3.33. The molecular formula is C28H27ClF3N3O5. The molecule has 8 nitrogen and oxygen atoms in total. The first-order chi connectivity index (χ1) is 19.0. The number of nitrogens with one attached hydrogen (secondary N) is 3. The van der Waals surface area contributed by atoms with E-state index in [2.05, 4.69) is 20.4 Å². The number of hydrogen-bond donors (Lipinski definition) is 4. The Morgan fingerprint density at radius 2 is 1.80 bits per heavy atom. The number of hydrogen-bond acceptors (Lipinski definition) is 7. The number of rotatable bonds is 11. The van der Waals surface area contributed by atoms with Gasteiger partial charge >= 0.3 is 6.36 Å². The largest absolute Gasteiger partial charge is 0.573 e. The minimum atomic E-state index is -4.89. The monoisotopic (exact) mass is 577 g/mol. The number of halogens is 4. The number of ether oxygens (including phenoxy) is 3. The molecule has 3 aromatic carbocycles. The third kappa shape index (κ3) is 6.54. The fourth-order valence-electron chi connectivity index (χ4n) is 4.41. The van der Waals surface area contributed by atoms with E-state index in [1.807, 2.05) is 0 Å². The molecule has 4 rings (SSSR count). The lowest BCUT2D eigenvalue weighted by molar-refractivity contribution is -0.274. The first kappa shape index (κ1) is 28.9. The highest BCUT2D eigenvalue weighted by Gasteiger charge is 2.32. The molecule has 4 aromatic rings. The number of aromatic nitrogens is 1. The summed E-state index contributed by atoms with van der Waals surface area (Å²) in [6, 6.07) is 11.3. The van der Waals surface area contributed by atoms with Crippen LogP contribution in [0.2, 0.25) is 5.02 Å². The number of aliphatic hydroxyl groups excluding tert-OH is 1. The van der Waals surface area contributed by atoms with Gasteiger partial charge in [-0.05, 0) is 42.8 Å². The maximum absolute atomic E-state index is 14.2. The second kappa shape index (κ2) is 12.0. The van der Waals surface area contributed by atoms with Gasteiger partial charge in [-0.15, -0.1) is 13.2 Å². The van der Waals surface area contributed by atoms with Crippen LogP contribution in [0.3, 0.4) is 0 Å². The van der Waals surface area contributed by atoms with E-state index < -0.39 is 23.9 Å². The number of aliphatic hydroxyl groups is 1. The molecule has 4 N–H and O–H groups in total. The number of Topliss-reactive ketones (excluding diaryl/α,β-unsaturated/α-hetero) is 1. The Labute approximate surface area is 233 Å². The van der Waals surface area contributed by atoms with Crippen molar-refractivity contribution in [1.29, 1.82) is 0 Å². The summed E-state index contributed by atoms with van der Waals surface area (Å²) in [6.45, 7) is 1.81. The van der Waals surface area contributed by atoms with Crippen molar-refractivity contribution in [3.8, 4) is 17.2 Å². The number of carbonyl (C=O) groups excluding carboxylic acids is 1. The highest BCUT2D eigenvalue weighted by atomic mass is 35.5. The lowest BCUT2D eigenvalue weighted by atomic mass is 9.95. The van der Waals surface area contributed by atoms with Crippen LogP contribution in [0.4, 0.5) is 24.5 Å². The zero-order valence-corrected chi connectivity index (χ0v) is 22.5. The predicted molar refractivity (Wildman–Crippen MR) is 147 cm³/mol. The van der Waals surface area contributed by atoms with E-state index in [1.54, 1.807) is 43.3 Å². The van der Waals surface area contributed by atoms with Gasteiger partial charge in [0.25, 0.3) is 0 Å². The van der Waals surface area contributed by atoms with Crippen LogP contribution in [-0.4, -0.2) is 49.6 Å². The minimum absolute atomic E-state index is 0.0942. The van der Waals surface area contributed by atoms with Crippen LogP contribution in [-0.2, 0) is 0 Å². The molecule has 1 unspecified atom stereocenters. The van der Waals surface area contributed by atoms with Crippen molar-refractivity contribution in [2.45, 2.75) is 19.3 Å². The molecule has 0 aliphatic heterocycles. The van der Waals surface area contributed by atoms with Crippen molar-refractivity contribution >= 4 is 39.7 Å². The van der Waals surface area contributed by atoms with Gasteiger partial charge in [-0.2, -0.15) is 0 Å². The van der Waals surface area contributed by atoms with Crippen molar-refractivity contribution in [1.82, 2.24) is 4.98 Å². The van der Waals surface area contributed by atoms with Crippen LogP contribution in [0.25, 0.3) is 10.9 Å². The summed E-state index contributed by atoms with van der Waals surface area (Å²) in [5.74, 6) is -0.0800. The van der Waals surface area contributed by atoms with Crippen molar-refractivity contribution in [2.24, 2.45) is 0 Å². The van der Waals surface area contributed by atoms with Crippen molar-refractivity contribution in [3.63, 3.8) is 0 Å². The summed E-state index contributed by atoms with van der Waals surface area (Å²) in [5.41, 5.74) is 2.67. The molecular weight excluding hydrogens is 551 g/mol. The lowest BCUT2D eigenvalue weighted by Crippen LogP contribution is -2.22. The van der Waals surface area contributed by atoms with Gasteiger partial charge in [0.15, 0.2) is 5.78 Å². The van der Waals surface area contributed by atoms with Crippen molar-refractivity contribution < 1.29 is 37.3 Å². The van der Waals surface area contributed by atoms with Crippen LogP contribution in [0.1, 0.15) is 27.5 Å². The molecule has 0 saturated carbocycles. The second-order valence-electron chi connectivity index (χ2n) is 8.84. The molecule has 0 bridgehead atoms. The third-order valence-corrected chi connectivity index (χ3v) is 6.36. The molecule has 212 valence electrons. The van der Waals surface area contributed by atoms with Crippen LogP contribution in [0.5, 0.6) is 17.2 Å². The van der Waals surface area contributed by atoms with Crippen molar-refractivity contribution in [3.05, 3.63) is 76.4 Å². The van der Waals surface area contributed by atoms with E-state index in [-0.39, 0.29) is 24.1 Å². The number of fused-ring (bicyclic) bond motifs is 1. The first-order valence-corrected chi connectivity index (χ1v) is 12.5. The zero-order chi connectivity index (χ0) is 29.0. The summed E-state index contributed by atoms with van der Waals surface area (Å²) in [4.78, 5) is 17.2. The number of carbonyl (C=O) groups is 1. The number of alkyl halides is 3. The predicted octanol–water partition coefficient (Wildman–Crippen LogP) is 6.49. The van der Waals surface area contributed by atoms with E-state index in [0.29, 0.717) is 44.5 Å². The highest BCUT2D eigenvalue weighted by molar-refractivity contribution is 6.30. The van der Waals surface area contributed by atoms with Crippen LogP contribution >= 0.6 is 11.6 Å². The Kier molecular flexibility index (Phi) is 8.65. The average molecular weight is 578 g/mol. The Balaban J connectivity index is 1.84. The van der Waals surface area contributed by atoms with E-state index in [4.69, 9.17) is 21.1 Å². The Bertz CT molecular complexity index is 1520. The van der Waals surface area contributed by atoms with Gasteiger partial charge < -0.3 is 34.9 Å². The molecule has 1 heterocycles. The van der Waals surface area contributed by atoms with Gasteiger partial charge in [0.1, 0.15) is 23.3 Å². The highest BCUT2D eigenvalue weighted by Crippen LogP contribution is 2.37. The fraction of sp³-hybridized carbons (Fsp3) is 0.250. The van der Waals surface area contributed by atoms with Gasteiger partial charge in [0, 0.05) is 63.3 Å². The number of aromatic amines is 1. The Morgan fingerprint density at radius 1 is 1.05 bits per heavy atom.